The zero-order chi connectivity index (χ0) is 13.2. The van der Waals surface area contributed by atoms with Crippen LogP contribution < -0.4 is 5.73 Å². The number of amides is 1. The molecule has 0 aromatic rings. The molecule has 0 aromatic heterocycles. The maximum Gasteiger partial charge on any atom is 0.408 e. The van der Waals surface area contributed by atoms with Gasteiger partial charge in [0.25, 0.3) is 0 Å². The average molecular weight is 244 g/mol. The SMILES string of the molecule is CC(C)(C)COC(=O)[C@@H]1C[C@H](N)CN1C(=O)O. The molecule has 17 heavy (non-hydrogen) atoms. The molecule has 1 saturated heterocycles. The second kappa shape index (κ2) is 4.91. The minimum Gasteiger partial charge on any atom is -0.465 e. The number of carbonyl (C=O) groups is 2. The van der Waals surface area contributed by atoms with Crippen LogP contribution in [-0.2, 0) is 9.53 Å². The van der Waals surface area contributed by atoms with Crippen LogP contribution in [0.4, 0.5) is 4.79 Å². The predicted octanol–water partition coefficient (Wildman–Crippen LogP) is 0.655. The summed E-state index contributed by atoms with van der Waals surface area (Å²) >= 11 is 0. The van der Waals surface area contributed by atoms with Crippen LogP contribution in [0.25, 0.3) is 0 Å². The monoisotopic (exact) mass is 244 g/mol. The summed E-state index contributed by atoms with van der Waals surface area (Å²) in [6.45, 7) is 6.27. The van der Waals surface area contributed by atoms with E-state index in [1.807, 2.05) is 20.8 Å². The second-order valence-corrected chi connectivity index (χ2v) is 5.61. The second-order valence-electron chi connectivity index (χ2n) is 5.61. The third-order valence-corrected chi connectivity index (χ3v) is 2.50. The number of nitrogens with two attached hydrogens (primary N) is 1. The zero-order valence-electron chi connectivity index (χ0n) is 10.5. The Morgan fingerprint density at radius 3 is 2.53 bits per heavy atom. The van der Waals surface area contributed by atoms with E-state index in [0.717, 1.165) is 4.90 Å². The zero-order valence-corrected chi connectivity index (χ0v) is 10.5. The molecule has 6 heteroatoms. The van der Waals surface area contributed by atoms with Crippen molar-refractivity contribution in [1.82, 2.24) is 4.90 Å². The fourth-order valence-electron chi connectivity index (χ4n) is 1.69. The number of carboxylic acid groups (broad SMARTS) is 1. The largest absolute Gasteiger partial charge is 0.465 e. The lowest BCUT2D eigenvalue weighted by Crippen LogP contribution is -2.41. The third-order valence-electron chi connectivity index (χ3n) is 2.50. The molecule has 3 N–H and O–H groups in total. The summed E-state index contributed by atoms with van der Waals surface area (Å²) < 4.78 is 5.12. The van der Waals surface area contributed by atoms with Gasteiger partial charge in [0.1, 0.15) is 6.04 Å². The van der Waals surface area contributed by atoms with Crippen LogP contribution in [0.5, 0.6) is 0 Å². The van der Waals surface area contributed by atoms with Crippen LogP contribution in [0.2, 0.25) is 0 Å². The van der Waals surface area contributed by atoms with Crippen LogP contribution in [0.3, 0.4) is 0 Å². The number of rotatable bonds is 2. The van der Waals surface area contributed by atoms with Crippen LogP contribution in [-0.4, -0.2) is 47.3 Å². The van der Waals surface area contributed by atoms with E-state index in [1.165, 1.54) is 0 Å². The first-order valence-corrected chi connectivity index (χ1v) is 5.62. The molecule has 1 aliphatic rings. The highest BCUT2D eigenvalue weighted by Crippen LogP contribution is 2.20. The van der Waals surface area contributed by atoms with E-state index in [0.29, 0.717) is 6.42 Å². The molecule has 2 atom stereocenters. The molecule has 0 spiro atoms. The molecule has 1 fully saturated rings. The van der Waals surface area contributed by atoms with Gasteiger partial charge in [0.2, 0.25) is 0 Å². The molecule has 0 aliphatic carbocycles. The quantitative estimate of drug-likeness (QED) is 0.696. The highest BCUT2D eigenvalue weighted by Gasteiger charge is 2.39. The molecule has 98 valence electrons. The molecule has 0 aromatic carbocycles. The molecule has 0 radical (unpaired) electrons. The number of likely N-dealkylation sites (tertiary alicyclic amines) is 1. The number of hydrogen-bond donors (Lipinski definition) is 2. The number of hydrogen-bond acceptors (Lipinski definition) is 4. The minimum absolute atomic E-state index is 0.134. The van der Waals surface area contributed by atoms with E-state index in [-0.39, 0.29) is 24.6 Å². The predicted molar refractivity (Wildman–Crippen MR) is 61.5 cm³/mol. The van der Waals surface area contributed by atoms with Crippen molar-refractivity contribution in [2.75, 3.05) is 13.2 Å². The van der Waals surface area contributed by atoms with Gasteiger partial charge >= 0.3 is 12.1 Å². The third kappa shape index (κ3) is 3.89. The Bertz CT molecular complexity index is 311. The van der Waals surface area contributed by atoms with Gasteiger partial charge in [0.05, 0.1) is 6.61 Å². The van der Waals surface area contributed by atoms with Crippen LogP contribution in [0.1, 0.15) is 27.2 Å². The summed E-state index contributed by atoms with van der Waals surface area (Å²) in [7, 11) is 0. The summed E-state index contributed by atoms with van der Waals surface area (Å²) in [5.41, 5.74) is 5.53. The van der Waals surface area contributed by atoms with Gasteiger partial charge in [-0.3, -0.25) is 4.90 Å². The van der Waals surface area contributed by atoms with Gasteiger partial charge in [0.15, 0.2) is 0 Å². The van der Waals surface area contributed by atoms with Crippen molar-refractivity contribution in [2.45, 2.75) is 39.3 Å². The Kier molecular flexibility index (Phi) is 3.98. The van der Waals surface area contributed by atoms with Crippen molar-refractivity contribution in [3.05, 3.63) is 0 Å². The molecule has 1 rings (SSSR count). The maximum absolute atomic E-state index is 11.8. The highest BCUT2D eigenvalue weighted by molar-refractivity contribution is 5.81. The lowest BCUT2D eigenvalue weighted by molar-refractivity contribution is -0.151. The Morgan fingerprint density at radius 1 is 1.47 bits per heavy atom. The van der Waals surface area contributed by atoms with Gasteiger partial charge in [0, 0.05) is 12.6 Å². The van der Waals surface area contributed by atoms with Gasteiger partial charge in [-0.25, -0.2) is 9.59 Å². The van der Waals surface area contributed by atoms with Gasteiger partial charge < -0.3 is 15.6 Å². The highest BCUT2D eigenvalue weighted by atomic mass is 16.5. The van der Waals surface area contributed by atoms with Gasteiger partial charge in [-0.1, -0.05) is 20.8 Å². The summed E-state index contributed by atoms with van der Waals surface area (Å²) in [6, 6.07) is -1.05. The van der Waals surface area contributed by atoms with Gasteiger partial charge in [-0.2, -0.15) is 0 Å². The molecule has 0 bridgehead atoms. The van der Waals surface area contributed by atoms with E-state index in [4.69, 9.17) is 15.6 Å². The van der Waals surface area contributed by atoms with E-state index in [2.05, 4.69) is 0 Å². The summed E-state index contributed by atoms with van der Waals surface area (Å²) in [6.07, 6.45) is -0.800. The molecular formula is C11H20N2O4. The van der Waals surface area contributed by atoms with Crippen molar-refractivity contribution in [1.29, 1.82) is 0 Å². The van der Waals surface area contributed by atoms with Crippen molar-refractivity contribution in [3.8, 4) is 0 Å². The number of esters is 1. The van der Waals surface area contributed by atoms with Crippen molar-refractivity contribution >= 4 is 12.1 Å². The fourth-order valence-corrected chi connectivity index (χ4v) is 1.69. The maximum atomic E-state index is 11.8. The average Bonchev–Trinajstić information content (AvgIpc) is 2.55. The molecule has 0 saturated carbocycles. The van der Waals surface area contributed by atoms with E-state index < -0.39 is 18.1 Å². The van der Waals surface area contributed by atoms with Crippen molar-refractivity contribution in [2.24, 2.45) is 11.1 Å². The molecule has 1 aliphatic heterocycles. The Labute approximate surface area is 101 Å². The summed E-state index contributed by atoms with van der Waals surface area (Å²) in [5, 5.41) is 8.94. The van der Waals surface area contributed by atoms with E-state index in [1.54, 1.807) is 0 Å². The fraction of sp³-hybridized carbons (Fsp3) is 0.818. The summed E-state index contributed by atoms with van der Waals surface area (Å²) in [5.74, 6) is -0.504. The first-order chi connectivity index (χ1) is 7.70. The molecular weight excluding hydrogens is 224 g/mol. The topological polar surface area (TPSA) is 92.9 Å². The van der Waals surface area contributed by atoms with Crippen LogP contribution >= 0.6 is 0 Å². The van der Waals surface area contributed by atoms with Crippen molar-refractivity contribution in [3.63, 3.8) is 0 Å². The molecule has 1 heterocycles. The standard InChI is InChI=1S/C11H20N2O4/c1-11(2,3)6-17-9(14)8-4-7(12)5-13(8)10(15)16/h7-8H,4-6,12H2,1-3H3,(H,15,16)/t7-,8-/m0/s1. The Balaban J connectivity index is 2.59. The van der Waals surface area contributed by atoms with E-state index >= 15 is 0 Å². The summed E-state index contributed by atoms with van der Waals surface area (Å²) in [4.78, 5) is 23.7. The van der Waals surface area contributed by atoms with Crippen LogP contribution in [0, 0.1) is 5.41 Å². The normalized spacial score (nSPS) is 24.8. The van der Waals surface area contributed by atoms with Gasteiger partial charge in [-0.15, -0.1) is 0 Å². The molecule has 0 unspecified atom stereocenters. The van der Waals surface area contributed by atoms with Crippen molar-refractivity contribution < 1.29 is 19.4 Å². The Morgan fingerprint density at radius 2 is 2.06 bits per heavy atom. The number of carbonyl (C=O) groups excluding carboxylic acids is 1. The number of nitrogens with zero attached hydrogens (tertiary/aromatic N) is 1. The molecule has 6 nitrogen and oxygen atoms in total. The number of ether oxygens (including phenoxy) is 1. The first-order valence-electron chi connectivity index (χ1n) is 5.62. The minimum atomic E-state index is -1.13. The lowest BCUT2D eigenvalue weighted by atomic mass is 9.99. The lowest BCUT2D eigenvalue weighted by Gasteiger charge is -2.23. The van der Waals surface area contributed by atoms with Gasteiger partial charge in [-0.05, 0) is 11.8 Å². The smallest absolute Gasteiger partial charge is 0.408 e. The van der Waals surface area contributed by atoms with Crippen LogP contribution in [0.15, 0.2) is 0 Å². The first kappa shape index (κ1) is 13.8. The Hall–Kier alpha value is -1.30. The molecule has 1 amide bonds. The van der Waals surface area contributed by atoms with E-state index in [9.17, 15) is 9.59 Å².